The summed E-state index contributed by atoms with van der Waals surface area (Å²) in [5, 5.41) is 19.5. The van der Waals surface area contributed by atoms with Gasteiger partial charge in [-0.2, -0.15) is 0 Å². The Balaban J connectivity index is 1.82. The normalized spacial score (nSPS) is 22.2. The van der Waals surface area contributed by atoms with Crippen molar-refractivity contribution in [3.05, 3.63) is 21.9 Å². The van der Waals surface area contributed by atoms with Crippen LogP contribution >= 0.6 is 23.2 Å². The van der Waals surface area contributed by atoms with Crippen LogP contribution in [0.25, 0.3) is 11.0 Å². The second-order valence-electron chi connectivity index (χ2n) is 5.72. The molecule has 1 aromatic carbocycles. The highest BCUT2D eigenvalue weighted by atomic mass is 35.5. The van der Waals surface area contributed by atoms with Gasteiger partial charge in [0.1, 0.15) is 23.0 Å². The van der Waals surface area contributed by atoms with Crippen molar-refractivity contribution in [1.29, 1.82) is 0 Å². The van der Waals surface area contributed by atoms with E-state index in [2.05, 4.69) is 9.97 Å². The Hall–Kier alpha value is -1.01. The van der Waals surface area contributed by atoms with Crippen molar-refractivity contribution in [2.24, 2.45) is 5.92 Å². The minimum Gasteiger partial charge on any atom is -0.489 e. The highest BCUT2D eigenvalue weighted by Crippen LogP contribution is 2.39. The lowest BCUT2D eigenvalue weighted by atomic mass is 9.88. The standard InChI is InChI=1S/C15H18Cl2N2O3/c16-10-5-11-14(19-12(6-20)18-11)15(13(10)17)22-7-8-1-3-9(21)4-2-8/h5,8-9,20-21H,1-4,6-7H2,(H,18,19). The fourth-order valence-electron chi connectivity index (χ4n) is 2.84. The summed E-state index contributed by atoms with van der Waals surface area (Å²) < 4.78 is 5.90. The fourth-order valence-corrected chi connectivity index (χ4v) is 3.23. The first-order chi connectivity index (χ1) is 10.6. The minimum absolute atomic E-state index is 0.184. The number of ether oxygens (including phenoxy) is 1. The molecule has 3 rings (SSSR count). The Labute approximate surface area is 138 Å². The summed E-state index contributed by atoms with van der Waals surface area (Å²) in [4.78, 5) is 7.28. The van der Waals surface area contributed by atoms with Gasteiger partial charge in [-0.05, 0) is 37.7 Å². The van der Waals surface area contributed by atoms with Crippen molar-refractivity contribution in [3.8, 4) is 5.75 Å². The highest BCUT2D eigenvalue weighted by molar-refractivity contribution is 6.44. The summed E-state index contributed by atoms with van der Waals surface area (Å²) >= 11 is 12.4. The molecule has 0 atom stereocenters. The molecule has 0 aliphatic heterocycles. The summed E-state index contributed by atoms with van der Waals surface area (Å²) in [7, 11) is 0. The molecule has 0 radical (unpaired) electrons. The molecular formula is C15H18Cl2N2O3. The molecule has 0 bridgehead atoms. The number of hydrogen-bond donors (Lipinski definition) is 3. The summed E-state index contributed by atoms with van der Waals surface area (Å²) in [6, 6.07) is 1.68. The average molecular weight is 345 g/mol. The maximum Gasteiger partial charge on any atom is 0.167 e. The molecule has 1 saturated carbocycles. The Morgan fingerprint density at radius 2 is 2.00 bits per heavy atom. The molecule has 22 heavy (non-hydrogen) atoms. The van der Waals surface area contributed by atoms with Crippen LogP contribution in [0.5, 0.6) is 5.75 Å². The lowest BCUT2D eigenvalue weighted by Crippen LogP contribution is -2.22. The van der Waals surface area contributed by atoms with Crippen LogP contribution in [0.15, 0.2) is 6.07 Å². The van der Waals surface area contributed by atoms with Crippen LogP contribution in [0.3, 0.4) is 0 Å². The van der Waals surface area contributed by atoms with E-state index in [0.29, 0.717) is 45.2 Å². The Kier molecular flexibility index (Phi) is 4.78. The number of halogens is 2. The van der Waals surface area contributed by atoms with Gasteiger partial charge in [-0.3, -0.25) is 0 Å². The maximum atomic E-state index is 9.55. The molecule has 1 heterocycles. The number of imidazole rings is 1. The maximum absolute atomic E-state index is 9.55. The monoisotopic (exact) mass is 344 g/mol. The quantitative estimate of drug-likeness (QED) is 0.795. The molecule has 2 aromatic rings. The number of H-pyrrole nitrogens is 1. The molecule has 1 aliphatic carbocycles. The first kappa shape index (κ1) is 15.9. The third-order valence-corrected chi connectivity index (χ3v) is 4.88. The van der Waals surface area contributed by atoms with Crippen LogP contribution in [0.2, 0.25) is 10.0 Å². The molecule has 1 fully saturated rings. The number of hydrogen-bond acceptors (Lipinski definition) is 4. The number of aromatic nitrogens is 2. The van der Waals surface area contributed by atoms with E-state index in [1.807, 2.05) is 0 Å². The summed E-state index contributed by atoms with van der Waals surface area (Å²) in [5.41, 5.74) is 1.27. The van der Waals surface area contributed by atoms with Gasteiger partial charge >= 0.3 is 0 Å². The van der Waals surface area contributed by atoms with Crippen molar-refractivity contribution < 1.29 is 14.9 Å². The molecule has 7 heteroatoms. The number of aliphatic hydroxyl groups is 2. The molecule has 0 saturated heterocycles. The van der Waals surface area contributed by atoms with E-state index in [0.717, 1.165) is 25.7 Å². The third-order valence-electron chi connectivity index (χ3n) is 4.11. The van der Waals surface area contributed by atoms with Gasteiger partial charge in [0, 0.05) is 0 Å². The number of aliphatic hydroxyl groups excluding tert-OH is 2. The number of nitrogens with zero attached hydrogens (tertiary/aromatic N) is 1. The Bertz CT molecular complexity index is 666. The van der Waals surface area contributed by atoms with Crippen molar-refractivity contribution >= 4 is 34.2 Å². The Morgan fingerprint density at radius 3 is 2.68 bits per heavy atom. The van der Waals surface area contributed by atoms with Crippen LogP contribution in [0.1, 0.15) is 31.5 Å². The predicted molar refractivity (Wildman–Crippen MR) is 85.5 cm³/mol. The van der Waals surface area contributed by atoms with E-state index in [9.17, 15) is 10.2 Å². The van der Waals surface area contributed by atoms with Gasteiger partial charge in [-0.1, -0.05) is 23.2 Å². The van der Waals surface area contributed by atoms with Gasteiger partial charge in [0.25, 0.3) is 0 Å². The molecule has 0 spiro atoms. The molecule has 3 N–H and O–H groups in total. The minimum atomic E-state index is -0.191. The SMILES string of the molecule is OCc1nc2c(OCC3CCC(O)CC3)c(Cl)c(Cl)cc2[nH]1. The van der Waals surface area contributed by atoms with Crippen LogP contribution in [-0.2, 0) is 6.61 Å². The number of fused-ring (bicyclic) bond motifs is 1. The van der Waals surface area contributed by atoms with E-state index in [4.69, 9.17) is 27.9 Å². The largest absolute Gasteiger partial charge is 0.489 e. The molecule has 5 nitrogen and oxygen atoms in total. The highest BCUT2D eigenvalue weighted by Gasteiger charge is 2.22. The Morgan fingerprint density at radius 1 is 1.27 bits per heavy atom. The van der Waals surface area contributed by atoms with E-state index in [1.165, 1.54) is 0 Å². The first-order valence-corrected chi connectivity index (χ1v) is 8.12. The number of rotatable bonds is 4. The molecular weight excluding hydrogens is 327 g/mol. The average Bonchev–Trinajstić information content (AvgIpc) is 2.92. The van der Waals surface area contributed by atoms with E-state index in [1.54, 1.807) is 6.07 Å². The van der Waals surface area contributed by atoms with Gasteiger partial charge < -0.3 is 19.9 Å². The van der Waals surface area contributed by atoms with Gasteiger partial charge in [0.05, 0.1) is 23.3 Å². The van der Waals surface area contributed by atoms with Gasteiger partial charge in [-0.25, -0.2) is 4.98 Å². The summed E-state index contributed by atoms with van der Waals surface area (Å²) in [5.74, 6) is 1.29. The van der Waals surface area contributed by atoms with E-state index >= 15 is 0 Å². The van der Waals surface area contributed by atoms with E-state index < -0.39 is 0 Å². The van der Waals surface area contributed by atoms with Crippen molar-refractivity contribution in [2.45, 2.75) is 38.4 Å². The second-order valence-corrected chi connectivity index (χ2v) is 6.51. The zero-order chi connectivity index (χ0) is 15.7. The predicted octanol–water partition coefficient (Wildman–Crippen LogP) is 3.29. The zero-order valence-electron chi connectivity index (χ0n) is 12.0. The van der Waals surface area contributed by atoms with Gasteiger partial charge in [0.2, 0.25) is 0 Å². The first-order valence-electron chi connectivity index (χ1n) is 7.36. The molecule has 1 aliphatic rings. The number of benzene rings is 1. The molecule has 120 valence electrons. The molecule has 0 amide bonds. The van der Waals surface area contributed by atoms with Gasteiger partial charge in [0.15, 0.2) is 5.75 Å². The number of nitrogens with one attached hydrogen (secondary N) is 1. The van der Waals surface area contributed by atoms with Crippen LogP contribution in [0.4, 0.5) is 0 Å². The summed E-state index contributed by atoms with van der Waals surface area (Å²) in [6.45, 7) is 0.326. The van der Waals surface area contributed by atoms with Crippen molar-refractivity contribution in [2.75, 3.05) is 6.61 Å². The van der Waals surface area contributed by atoms with E-state index in [-0.39, 0.29) is 12.7 Å². The summed E-state index contributed by atoms with van der Waals surface area (Å²) in [6.07, 6.45) is 3.31. The topological polar surface area (TPSA) is 78.4 Å². The molecule has 0 unspecified atom stereocenters. The van der Waals surface area contributed by atoms with Crippen LogP contribution in [-0.4, -0.2) is 32.9 Å². The van der Waals surface area contributed by atoms with Crippen LogP contribution in [0, 0.1) is 5.92 Å². The molecule has 1 aromatic heterocycles. The smallest absolute Gasteiger partial charge is 0.167 e. The third kappa shape index (κ3) is 3.18. The lowest BCUT2D eigenvalue weighted by molar-refractivity contribution is 0.0920. The van der Waals surface area contributed by atoms with Gasteiger partial charge in [-0.15, -0.1) is 0 Å². The lowest BCUT2D eigenvalue weighted by Gasteiger charge is -2.25. The zero-order valence-corrected chi connectivity index (χ0v) is 13.5. The number of aromatic amines is 1. The fraction of sp³-hybridized carbons (Fsp3) is 0.533. The van der Waals surface area contributed by atoms with Crippen molar-refractivity contribution in [3.63, 3.8) is 0 Å². The second kappa shape index (κ2) is 6.62. The van der Waals surface area contributed by atoms with Crippen molar-refractivity contribution in [1.82, 2.24) is 9.97 Å². The van der Waals surface area contributed by atoms with Crippen LogP contribution < -0.4 is 4.74 Å².